The molecule has 1 aromatic heterocycles. The first-order chi connectivity index (χ1) is 12.1. The molecule has 0 saturated heterocycles. The Morgan fingerprint density at radius 1 is 1.27 bits per heavy atom. The largest absolute Gasteiger partial charge is 0.300 e. The van der Waals surface area contributed by atoms with Crippen LogP contribution in [0.15, 0.2) is 22.5 Å². The Bertz CT molecular complexity index is 739. The minimum Gasteiger partial charge on any atom is -0.300 e. The number of aromatic nitrogens is 2. The molecule has 8 heteroatoms. The van der Waals surface area contributed by atoms with Gasteiger partial charge in [0, 0.05) is 17.7 Å². The van der Waals surface area contributed by atoms with Crippen LogP contribution in [0.25, 0.3) is 0 Å². The minimum atomic E-state index is -0.580. The van der Waals surface area contributed by atoms with Gasteiger partial charge in [-0.1, -0.05) is 56.9 Å². The van der Waals surface area contributed by atoms with Crippen LogP contribution in [-0.2, 0) is 10.5 Å². The van der Waals surface area contributed by atoms with Crippen molar-refractivity contribution in [2.75, 3.05) is 5.32 Å². The lowest BCUT2D eigenvalue weighted by molar-refractivity contribution is -0.117. The maximum atomic E-state index is 13.6. The van der Waals surface area contributed by atoms with E-state index in [2.05, 4.69) is 43.2 Å². The Balaban J connectivity index is 1.86. The Hall–Kier alpha value is -1.54. The SMILES string of the molecule is C[C@@H](CC(=O)Nc1nnc(SCc2c(F)cccc2F)s1)CC(C)(C)C. The molecular formula is C18H23F2N3OS2. The molecular weight excluding hydrogens is 376 g/mol. The van der Waals surface area contributed by atoms with E-state index in [1.807, 2.05) is 0 Å². The van der Waals surface area contributed by atoms with Gasteiger partial charge in [0.2, 0.25) is 11.0 Å². The summed E-state index contributed by atoms with van der Waals surface area (Å²) >= 11 is 2.38. The predicted octanol–water partition coefficient (Wildman–Crippen LogP) is 5.51. The Kier molecular flexibility index (Phi) is 7.11. The van der Waals surface area contributed by atoms with Crippen molar-refractivity contribution in [3.8, 4) is 0 Å². The second kappa shape index (κ2) is 8.90. The van der Waals surface area contributed by atoms with Crippen LogP contribution in [0, 0.1) is 23.0 Å². The van der Waals surface area contributed by atoms with Crippen molar-refractivity contribution in [2.24, 2.45) is 11.3 Å². The van der Waals surface area contributed by atoms with Gasteiger partial charge in [-0.3, -0.25) is 4.79 Å². The van der Waals surface area contributed by atoms with Crippen LogP contribution in [0.2, 0.25) is 0 Å². The van der Waals surface area contributed by atoms with Crippen LogP contribution in [-0.4, -0.2) is 16.1 Å². The minimum absolute atomic E-state index is 0.00860. The summed E-state index contributed by atoms with van der Waals surface area (Å²) in [4.78, 5) is 12.1. The van der Waals surface area contributed by atoms with Crippen molar-refractivity contribution in [3.63, 3.8) is 0 Å². The summed E-state index contributed by atoms with van der Waals surface area (Å²) in [6.07, 6.45) is 1.37. The zero-order valence-corrected chi connectivity index (χ0v) is 16.9. The summed E-state index contributed by atoms with van der Waals surface area (Å²) in [5, 5.41) is 11.0. The highest BCUT2D eigenvalue weighted by Gasteiger charge is 2.19. The number of halogens is 2. The van der Waals surface area contributed by atoms with Crippen LogP contribution in [0.1, 0.15) is 46.1 Å². The number of hydrogen-bond donors (Lipinski definition) is 1. The molecule has 0 aliphatic heterocycles. The van der Waals surface area contributed by atoms with Gasteiger partial charge in [-0.05, 0) is 29.9 Å². The molecule has 0 aliphatic carbocycles. The number of amides is 1. The first-order valence-electron chi connectivity index (χ1n) is 8.33. The molecule has 1 aromatic carbocycles. The highest BCUT2D eigenvalue weighted by atomic mass is 32.2. The van der Waals surface area contributed by atoms with E-state index in [4.69, 9.17) is 0 Å². The molecule has 0 radical (unpaired) electrons. The van der Waals surface area contributed by atoms with Crippen molar-refractivity contribution in [3.05, 3.63) is 35.4 Å². The second-order valence-electron chi connectivity index (χ2n) is 7.48. The third-order valence-electron chi connectivity index (χ3n) is 3.55. The summed E-state index contributed by atoms with van der Waals surface area (Å²) in [6.45, 7) is 8.49. The fourth-order valence-electron chi connectivity index (χ4n) is 2.73. The van der Waals surface area contributed by atoms with E-state index in [9.17, 15) is 13.6 Å². The van der Waals surface area contributed by atoms with Gasteiger partial charge in [0.25, 0.3) is 0 Å². The fourth-order valence-corrected chi connectivity index (χ4v) is 4.51. The molecule has 1 atom stereocenters. The standard InChI is InChI=1S/C18H23F2N3OS2/c1-11(9-18(2,3)4)8-15(24)21-16-22-23-17(26-16)25-10-12-13(19)6-5-7-14(12)20/h5-7,11H,8-10H2,1-4H3,(H,21,22,24)/t11-/m0/s1. The number of nitrogens with one attached hydrogen (secondary N) is 1. The van der Waals surface area contributed by atoms with E-state index in [1.165, 1.54) is 41.3 Å². The van der Waals surface area contributed by atoms with E-state index < -0.39 is 11.6 Å². The fraction of sp³-hybridized carbons (Fsp3) is 0.500. The van der Waals surface area contributed by atoms with E-state index in [0.717, 1.165) is 6.42 Å². The van der Waals surface area contributed by atoms with E-state index in [-0.39, 0.29) is 28.6 Å². The van der Waals surface area contributed by atoms with Gasteiger partial charge in [-0.2, -0.15) is 0 Å². The van der Waals surface area contributed by atoms with Crippen LogP contribution in [0.3, 0.4) is 0 Å². The molecule has 142 valence electrons. The average Bonchev–Trinajstić information content (AvgIpc) is 2.91. The number of thioether (sulfide) groups is 1. The smallest absolute Gasteiger partial charge is 0.226 e. The zero-order chi connectivity index (χ0) is 19.3. The Morgan fingerprint density at radius 3 is 2.54 bits per heavy atom. The van der Waals surface area contributed by atoms with E-state index in [1.54, 1.807) is 0 Å². The second-order valence-corrected chi connectivity index (χ2v) is 9.68. The van der Waals surface area contributed by atoms with Crippen molar-refractivity contribution in [2.45, 2.75) is 50.6 Å². The van der Waals surface area contributed by atoms with Crippen molar-refractivity contribution < 1.29 is 13.6 Å². The number of benzene rings is 1. The lowest BCUT2D eigenvalue weighted by Crippen LogP contribution is -2.18. The monoisotopic (exact) mass is 399 g/mol. The summed E-state index contributed by atoms with van der Waals surface area (Å²) in [7, 11) is 0. The molecule has 4 nitrogen and oxygen atoms in total. The van der Waals surface area contributed by atoms with Crippen LogP contribution in [0.4, 0.5) is 13.9 Å². The summed E-state index contributed by atoms with van der Waals surface area (Å²) in [5.74, 6) is -0.883. The van der Waals surface area contributed by atoms with Gasteiger partial charge in [0.1, 0.15) is 11.6 Å². The molecule has 26 heavy (non-hydrogen) atoms. The number of nitrogens with zero attached hydrogens (tertiary/aromatic N) is 2. The Labute approximate surface area is 160 Å². The molecule has 0 saturated carbocycles. The molecule has 0 fully saturated rings. The number of rotatable bonds is 7. The van der Waals surface area contributed by atoms with Crippen LogP contribution >= 0.6 is 23.1 Å². The Morgan fingerprint density at radius 2 is 1.92 bits per heavy atom. The first-order valence-corrected chi connectivity index (χ1v) is 10.1. The summed E-state index contributed by atoms with van der Waals surface area (Å²) < 4.78 is 27.8. The molecule has 0 unspecified atom stereocenters. The quantitative estimate of drug-likeness (QED) is 0.493. The van der Waals surface area contributed by atoms with Gasteiger partial charge in [0.15, 0.2) is 4.34 Å². The lowest BCUT2D eigenvalue weighted by atomic mass is 9.84. The highest BCUT2D eigenvalue weighted by Crippen LogP contribution is 2.30. The molecule has 1 N–H and O–H groups in total. The highest BCUT2D eigenvalue weighted by molar-refractivity contribution is 8.00. The van der Waals surface area contributed by atoms with Crippen LogP contribution in [0.5, 0.6) is 0 Å². The van der Waals surface area contributed by atoms with Crippen molar-refractivity contribution in [1.82, 2.24) is 10.2 Å². The molecule has 2 aromatic rings. The topological polar surface area (TPSA) is 54.9 Å². The number of hydrogen-bond acceptors (Lipinski definition) is 5. The lowest BCUT2D eigenvalue weighted by Gasteiger charge is -2.22. The molecule has 1 heterocycles. The predicted molar refractivity (Wildman–Crippen MR) is 102 cm³/mol. The summed E-state index contributed by atoms with van der Waals surface area (Å²) in [5.41, 5.74) is 0.183. The van der Waals surface area contributed by atoms with Gasteiger partial charge in [0.05, 0.1) is 0 Å². The number of anilines is 1. The molecule has 2 rings (SSSR count). The van der Waals surface area contributed by atoms with Crippen LogP contribution < -0.4 is 5.32 Å². The molecule has 0 bridgehead atoms. The maximum Gasteiger partial charge on any atom is 0.226 e. The van der Waals surface area contributed by atoms with Gasteiger partial charge in [-0.15, -0.1) is 10.2 Å². The number of carbonyl (C=O) groups excluding carboxylic acids is 1. The van der Waals surface area contributed by atoms with Gasteiger partial charge < -0.3 is 5.32 Å². The maximum absolute atomic E-state index is 13.6. The van der Waals surface area contributed by atoms with Crippen molar-refractivity contribution >= 4 is 34.1 Å². The normalized spacial score (nSPS) is 12.8. The van der Waals surface area contributed by atoms with E-state index >= 15 is 0 Å². The molecule has 0 spiro atoms. The first kappa shape index (κ1) is 20.8. The third-order valence-corrected chi connectivity index (χ3v) is 5.55. The molecule has 1 amide bonds. The summed E-state index contributed by atoms with van der Waals surface area (Å²) in [6, 6.07) is 3.78. The third kappa shape index (κ3) is 6.64. The van der Waals surface area contributed by atoms with Crippen molar-refractivity contribution in [1.29, 1.82) is 0 Å². The zero-order valence-electron chi connectivity index (χ0n) is 15.3. The van der Waals surface area contributed by atoms with Gasteiger partial charge >= 0.3 is 0 Å². The van der Waals surface area contributed by atoms with Gasteiger partial charge in [-0.25, -0.2) is 8.78 Å². The van der Waals surface area contributed by atoms with E-state index in [0.29, 0.717) is 15.9 Å². The molecule has 0 aliphatic rings. The number of carbonyl (C=O) groups is 1. The average molecular weight is 400 g/mol.